The Morgan fingerprint density at radius 3 is 2.87 bits per heavy atom. The third-order valence-corrected chi connectivity index (χ3v) is 2.50. The first kappa shape index (κ1) is 9.98. The molecule has 80 valence electrons. The first-order chi connectivity index (χ1) is 7.31. The minimum absolute atomic E-state index is 0.0231. The van der Waals surface area contributed by atoms with E-state index in [0.29, 0.717) is 0 Å². The van der Waals surface area contributed by atoms with Crippen molar-refractivity contribution in [1.82, 2.24) is 9.78 Å². The fourth-order valence-electron chi connectivity index (χ4n) is 1.80. The van der Waals surface area contributed by atoms with Crippen molar-refractivity contribution in [3.05, 3.63) is 23.9 Å². The highest BCUT2D eigenvalue weighted by atomic mass is 16.5. The van der Waals surface area contributed by atoms with Crippen molar-refractivity contribution in [2.75, 3.05) is 7.11 Å². The molecule has 0 aliphatic rings. The molecule has 0 atom stereocenters. The zero-order valence-corrected chi connectivity index (χ0v) is 8.90. The Morgan fingerprint density at radius 2 is 2.27 bits per heavy atom. The van der Waals surface area contributed by atoms with Crippen LogP contribution in [-0.4, -0.2) is 22.0 Å². The molecule has 15 heavy (non-hydrogen) atoms. The number of hydrogen-bond donors (Lipinski definition) is 1. The molecule has 0 amide bonds. The Hall–Kier alpha value is -1.55. The van der Waals surface area contributed by atoms with Crippen LogP contribution in [0.4, 0.5) is 0 Å². The van der Waals surface area contributed by atoms with E-state index in [1.165, 1.54) is 0 Å². The van der Waals surface area contributed by atoms with E-state index < -0.39 is 0 Å². The topological polar surface area (TPSA) is 47.3 Å². The Bertz CT molecular complexity index is 477. The van der Waals surface area contributed by atoms with Gasteiger partial charge in [0, 0.05) is 6.54 Å². The van der Waals surface area contributed by atoms with Crippen LogP contribution in [-0.2, 0) is 13.2 Å². The molecular formula is C11H14N2O2. The molecule has 0 aliphatic heterocycles. The summed E-state index contributed by atoms with van der Waals surface area (Å²) >= 11 is 0. The fraction of sp³-hybridized carbons (Fsp3) is 0.364. The summed E-state index contributed by atoms with van der Waals surface area (Å²) in [6.07, 6.45) is 0. The normalized spacial score (nSPS) is 10.9. The highest BCUT2D eigenvalue weighted by Crippen LogP contribution is 2.28. The van der Waals surface area contributed by atoms with Crippen LogP contribution in [0.15, 0.2) is 18.2 Å². The molecule has 0 saturated heterocycles. The van der Waals surface area contributed by atoms with Crippen molar-refractivity contribution in [3.8, 4) is 5.75 Å². The fourth-order valence-corrected chi connectivity index (χ4v) is 1.80. The summed E-state index contributed by atoms with van der Waals surface area (Å²) in [5, 5.41) is 14.6. The van der Waals surface area contributed by atoms with Crippen LogP contribution in [0.25, 0.3) is 10.9 Å². The number of aromatic nitrogens is 2. The van der Waals surface area contributed by atoms with Crippen molar-refractivity contribution in [3.63, 3.8) is 0 Å². The van der Waals surface area contributed by atoms with E-state index in [-0.39, 0.29) is 6.61 Å². The smallest absolute Gasteiger partial charge is 0.130 e. The van der Waals surface area contributed by atoms with Crippen molar-refractivity contribution < 1.29 is 9.84 Å². The van der Waals surface area contributed by atoms with Gasteiger partial charge < -0.3 is 9.84 Å². The lowest BCUT2D eigenvalue weighted by Gasteiger charge is -2.03. The molecule has 1 aromatic carbocycles. The molecule has 4 nitrogen and oxygen atoms in total. The summed E-state index contributed by atoms with van der Waals surface area (Å²) in [5.74, 6) is 0.760. The van der Waals surface area contributed by atoms with Gasteiger partial charge in [-0.05, 0) is 19.1 Å². The van der Waals surface area contributed by atoms with E-state index >= 15 is 0 Å². The third-order valence-electron chi connectivity index (χ3n) is 2.50. The molecule has 2 rings (SSSR count). The summed E-state index contributed by atoms with van der Waals surface area (Å²) in [6.45, 7) is 2.72. The summed E-state index contributed by atoms with van der Waals surface area (Å²) in [7, 11) is 1.62. The van der Waals surface area contributed by atoms with E-state index in [0.717, 1.165) is 28.9 Å². The van der Waals surface area contributed by atoms with Gasteiger partial charge in [-0.3, -0.25) is 4.68 Å². The predicted molar refractivity (Wildman–Crippen MR) is 57.9 cm³/mol. The summed E-state index contributed by atoms with van der Waals surface area (Å²) in [4.78, 5) is 0. The average molecular weight is 206 g/mol. The van der Waals surface area contributed by atoms with Crippen LogP contribution < -0.4 is 4.74 Å². The minimum atomic E-state index is -0.0231. The van der Waals surface area contributed by atoms with Gasteiger partial charge in [-0.1, -0.05) is 6.07 Å². The average Bonchev–Trinajstić information content (AvgIpc) is 2.66. The molecule has 0 saturated carbocycles. The van der Waals surface area contributed by atoms with Crippen molar-refractivity contribution in [2.24, 2.45) is 0 Å². The largest absolute Gasteiger partial charge is 0.496 e. The van der Waals surface area contributed by atoms with Crippen molar-refractivity contribution in [2.45, 2.75) is 20.1 Å². The number of aliphatic hydroxyl groups is 1. The van der Waals surface area contributed by atoms with Crippen LogP contribution in [0, 0.1) is 0 Å². The van der Waals surface area contributed by atoms with Gasteiger partial charge in [0.05, 0.1) is 30.3 Å². The van der Waals surface area contributed by atoms with E-state index in [1.54, 1.807) is 11.8 Å². The number of methoxy groups -OCH3 is 1. The quantitative estimate of drug-likeness (QED) is 0.829. The molecule has 1 N–H and O–H groups in total. The zero-order chi connectivity index (χ0) is 10.8. The van der Waals surface area contributed by atoms with E-state index in [4.69, 9.17) is 4.74 Å². The lowest BCUT2D eigenvalue weighted by molar-refractivity contribution is 0.269. The highest BCUT2D eigenvalue weighted by Gasteiger charge is 2.13. The van der Waals surface area contributed by atoms with Crippen molar-refractivity contribution >= 4 is 10.9 Å². The van der Waals surface area contributed by atoms with Gasteiger partial charge >= 0.3 is 0 Å². The van der Waals surface area contributed by atoms with Crippen LogP contribution in [0.2, 0.25) is 0 Å². The van der Waals surface area contributed by atoms with Crippen molar-refractivity contribution in [1.29, 1.82) is 0 Å². The van der Waals surface area contributed by atoms with E-state index in [1.807, 2.05) is 25.1 Å². The molecule has 2 aromatic rings. The SMILES string of the molecule is CCn1nc2cccc(OC)c2c1CO. The molecule has 0 spiro atoms. The molecule has 0 unspecified atom stereocenters. The second-order valence-corrected chi connectivity index (χ2v) is 3.27. The second kappa shape index (κ2) is 3.90. The molecule has 4 heteroatoms. The Balaban J connectivity index is 2.78. The number of rotatable bonds is 3. The predicted octanol–water partition coefficient (Wildman–Crippen LogP) is 1.56. The van der Waals surface area contributed by atoms with E-state index in [2.05, 4.69) is 5.10 Å². The Morgan fingerprint density at radius 1 is 1.47 bits per heavy atom. The molecule has 0 aliphatic carbocycles. The maximum Gasteiger partial charge on any atom is 0.130 e. The van der Waals surface area contributed by atoms with Crippen LogP contribution in [0.3, 0.4) is 0 Å². The molecule has 1 heterocycles. The minimum Gasteiger partial charge on any atom is -0.496 e. The summed E-state index contributed by atoms with van der Waals surface area (Å²) in [6, 6.07) is 5.70. The van der Waals surface area contributed by atoms with Gasteiger partial charge in [0.15, 0.2) is 0 Å². The first-order valence-corrected chi connectivity index (χ1v) is 4.95. The number of hydrogen-bond acceptors (Lipinski definition) is 3. The zero-order valence-electron chi connectivity index (χ0n) is 8.90. The standard InChI is InChI=1S/C11H14N2O2/c1-3-13-9(7-14)11-8(12-13)5-4-6-10(11)15-2/h4-6,14H,3,7H2,1-2H3. The van der Waals surface area contributed by atoms with Gasteiger partial charge in [0.2, 0.25) is 0 Å². The summed E-state index contributed by atoms with van der Waals surface area (Å²) in [5.41, 5.74) is 1.67. The van der Waals surface area contributed by atoms with Crippen LogP contribution in [0.1, 0.15) is 12.6 Å². The molecule has 0 bridgehead atoms. The monoisotopic (exact) mass is 206 g/mol. The third kappa shape index (κ3) is 1.47. The molecule has 0 radical (unpaired) electrons. The van der Waals surface area contributed by atoms with Gasteiger partial charge in [-0.15, -0.1) is 0 Å². The number of nitrogens with zero attached hydrogens (tertiary/aromatic N) is 2. The molecule has 1 aromatic heterocycles. The van der Waals surface area contributed by atoms with Gasteiger partial charge in [0.25, 0.3) is 0 Å². The number of ether oxygens (including phenoxy) is 1. The lowest BCUT2D eigenvalue weighted by Crippen LogP contribution is -2.02. The van der Waals surface area contributed by atoms with Crippen LogP contribution >= 0.6 is 0 Å². The molecule has 0 fully saturated rings. The van der Waals surface area contributed by atoms with E-state index in [9.17, 15) is 5.11 Å². The maximum absolute atomic E-state index is 9.34. The van der Waals surface area contributed by atoms with Gasteiger partial charge in [-0.25, -0.2) is 0 Å². The van der Waals surface area contributed by atoms with Gasteiger partial charge in [-0.2, -0.15) is 5.10 Å². The second-order valence-electron chi connectivity index (χ2n) is 3.27. The lowest BCUT2D eigenvalue weighted by atomic mass is 10.2. The number of aryl methyl sites for hydroxylation is 1. The van der Waals surface area contributed by atoms with Gasteiger partial charge in [0.1, 0.15) is 5.75 Å². The first-order valence-electron chi connectivity index (χ1n) is 4.95. The highest BCUT2D eigenvalue weighted by molar-refractivity contribution is 5.87. The number of aliphatic hydroxyl groups excluding tert-OH is 1. The Kier molecular flexibility index (Phi) is 2.60. The maximum atomic E-state index is 9.34. The number of fused-ring (bicyclic) bond motifs is 1. The number of benzene rings is 1. The molecular weight excluding hydrogens is 192 g/mol. The Labute approximate surface area is 88.1 Å². The summed E-state index contributed by atoms with van der Waals surface area (Å²) < 4.78 is 7.06. The van der Waals surface area contributed by atoms with Crippen LogP contribution in [0.5, 0.6) is 5.75 Å².